The highest BCUT2D eigenvalue weighted by Gasteiger charge is 2.24. The molecular weight excluding hydrogens is 266 g/mol. The molecule has 0 aliphatic carbocycles. The van der Waals surface area contributed by atoms with Crippen LogP contribution in [0.2, 0.25) is 0 Å². The topological polar surface area (TPSA) is 68.9 Å². The molecule has 1 heterocycles. The smallest absolute Gasteiger partial charge is 0.155 e. The molecule has 116 valence electrons. The van der Waals surface area contributed by atoms with E-state index in [-0.39, 0.29) is 12.2 Å². The van der Waals surface area contributed by atoms with Gasteiger partial charge in [0.05, 0.1) is 11.8 Å². The van der Waals surface area contributed by atoms with Gasteiger partial charge in [-0.25, -0.2) is 0 Å². The number of nitrogens with zero attached hydrogens (tertiary/aromatic N) is 1. The second-order valence-electron chi connectivity index (χ2n) is 5.44. The molecule has 0 amide bonds. The fourth-order valence-electron chi connectivity index (χ4n) is 2.17. The molecule has 1 aromatic carbocycles. The van der Waals surface area contributed by atoms with E-state index >= 15 is 0 Å². The Hall–Kier alpha value is -1.75. The van der Waals surface area contributed by atoms with Crippen molar-refractivity contribution >= 4 is 17.2 Å². The largest absolute Gasteiger partial charge is 0.480 e. The van der Waals surface area contributed by atoms with Crippen molar-refractivity contribution in [2.24, 2.45) is 4.99 Å². The van der Waals surface area contributed by atoms with E-state index in [4.69, 9.17) is 15.2 Å². The van der Waals surface area contributed by atoms with Crippen molar-refractivity contribution in [3.05, 3.63) is 18.2 Å². The maximum absolute atomic E-state index is 5.97. The molecule has 5 nitrogen and oxygen atoms in total. The minimum atomic E-state index is -0.0367. The van der Waals surface area contributed by atoms with Crippen LogP contribution in [-0.2, 0) is 4.74 Å². The van der Waals surface area contributed by atoms with Gasteiger partial charge >= 0.3 is 0 Å². The maximum atomic E-state index is 5.97. The van der Waals surface area contributed by atoms with Crippen LogP contribution in [0.5, 0.6) is 5.75 Å². The summed E-state index contributed by atoms with van der Waals surface area (Å²) < 4.78 is 11.5. The normalized spacial score (nSPS) is 19.2. The molecule has 1 aliphatic rings. The van der Waals surface area contributed by atoms with Gasteiger partial charge < -0.3 is 20.5 Å². The van der Waals surface area contributed by atoms with Gasteiger partial charge in [0, 0.05) is 24.9 Å². The minimum Gasteiger partial charge on any atom is -0.480 e. The summed E-state index contributed by atoms with van der Waals surface area (Å²) in [7, 11) is 0. The summed E-state index contributed by atoms with van der Waals surface area (Å²) in [6.45, 7) is 7.63. The zero-order chi connectivity index (χ0) is 15.2. The second-order valence-corrected chi connectivity index (χ2v) is 5.44. The first-order valence-corrected chi connectivity index (χ1v) is 7.59. The number of benzene rings is 1. The zero-order valence-electron chi connectivity index (χ0n) is 13.1. The molecule has 3 N–H and O–H groups in total. The van der Waals surface area contributed by atoms with Crippen LogP contribution in [0.15, 0.2) is 23.2 Å². The van der Waals surface area contributed by atoms with E-state index in [2.05, 4.69) is 17.2 Å². The summed E-state index contributed by atoms with van der Waals surface area (Å²) in [5.41, 5.74) is 7.42. The standard InChI is InChI=1S/C16H25N3O2/c1-4-14-16(18-8-5-9-20-11(2)3)19-13-7-6-12(17)10-15(13)21-14/h6-7,10-11,14H,4-5,8-9,17H2,1-3H3,(H,18,19). The second kappa shape index (κ2) is 7.31. The van der Waals surface area contributed by atoms with Crippen molar-refractivity contribution < 1.29 is 9.47 Å². The van der Waals surface area contributed by atoms with Crippen molar-refractivity contribution in [2.45, 2.75) is 45.8 Å². The van der Waals surface area contributed by atoms with Gasteiger partial charge in [0.25, 0.3) is 0 Å². The molecule has 0 saturated carbocycles. The SMILES string of the molecule is CCC1Oc2cc(N)ccc2NC1=NCCCOC(C)C. The highest BCUT2D eigenvalue weighted by molar-refractivity contribution is 6.02. The number of hydrogen-bond acceptors (Lipinski definition) is 4. The number of rotatable bonds is 6. The van der Waals surface area contributed by atoms with E-state index in [1.807, 2.05) is 32.0 Å². The maximum Gasteiger partial charge on any atom is 0.155 e. The van der Waals surface area contributed by atoms with Gasteiger partial charge in [0.15, 0.2) is 6.10 Å². The number of amidine groups is 1. The fourth-order valence-corrected chi connectivity index (χ4v) is 2.17. The van der Waals surface area contributed by atoms with Gasteiger partial charge in [0.1, 0.15) is 11.6 Å². The molecule has 1 unspecified atom stereocenters. The Labute approximate surface area is 126 Å². The highest BCUT2D eigenvalue weighted by Crippen LogP contribution is 2.32. The Kier molecular flexibility index (Phi) is 5.44. The Balaban J connectivity index is 1.97. The average molecular weight is 291 g/mol. The third kappa shape index (κ3) is 4.36. The first kappa shape index (κ1) is 15.6. The summed E-state index contributed by atoms with van der Waals surface area (Å²) in [6.07, 6.45) is 2.01. The average Bonchev–Trinajstić information content (AvgIpc) is 2.45. The number of hydrogen-bond donors (Lipinski definition) is 2. The molecule has 21 heavy (non-hydrogen) atoms. The van der Waals surface area contributed by atoms with E-state index in [9.17, 15) is 0 Å². The number of nitrogens with two attached hydrogens (primary N) is 1. The van der Waals surface area contributed by atoms with Gasteiger partial charge in [-0.05, 0) is 38.8 Å². The lowest BCUT2D eigenvalue weighted by atomic mass is 10.1. The number of fused-ring (bicyclic) bond motifs is 1. The molecule has 0 radical (unpaired) electrons. The van der Waals surface area contributed by atoms with Crippen LogP contribution < -0.4 is 15.8 Å². The quantitative estimate of drug-likeness (QED) is 0.624. The van der Waals surface area contributed by atoms with Crippen LogP contribution in [0, 0.1) is 0 Å². The Morgan fingerprint density at radius 3 is 2.95 bits per heavy atom. The van der Waals surface area contributed by atoms with Crippen LogP contribution in [0.1, 0.15) is 33.6 Å². The molecule has 1 atom stereocenters. The summed E-state index contributed by atoms with van der Waals surface area (Å²) in [5, 5.41) is 3.35. The van der Waals surface area contributed by atoms with Crippen LogP contribution in [-0.4, -0.2) is 31.2 Å². The van der Waals surface area contributed by atoms with Crippen molar-refractivity contribution in [1.82, 2.24) is 0 Å². The molecule has 5 heteroatoms. The van der Waals surface area contributed by atoms with E-state index in [1.54, 1.807) is 0 Å². The van der Waals surface area contributed by atoms with E-state index < -0.39 is 0 Å². The van der Waals surface area contributed by atoms with Gasteiger partial charge in [0.2, 0.25) is 0 Å². The molecule has 1 aliphatic heterocycles. The molecule has 0 saturated heterocycles. The molecule has 1 aromatic rings. The Morgan fingerprint density at radius 2 is 2.24 bits per heavy atom. The third-order valence-electron chi connectivity index (χ3n) is 3.25. The monoisotopic (exact) mass is 291 g/mol. The lowest BCUT2D eigenvalue weighted by Gasteiger charge is -2.28. The van der Waals surface area contributed by atoms with E-state index in [0.717, 1.165) is 43.3 Å². The Bertz CT molecular complexity index is 500. The highest BCUT2D eigenvalue weighted by atomic mass is 16.5. The predicted octanol–water partition coefficient (Wildman–Crippen LogP) is 3.07. The van der Waals surface area contributed by atoms with E-state index in [1.165, 1.54) is 0 Å². The zero-order valence-corrected chi connectivity index (χ0v) is 13.1. The molecular formula is C16H25N3O2. The molecule has 2 rings (SSSR count). The minimum absolute atomic E-state index is 0.0367. The molecule has 0 fully saturated rings. The van der Waals surface area contributed by atoms with Crippen molar-refractivity contribution in [2.75, 3.05) is 24.2 Å². The Morgan fingerprint density at radius 1 is 1.43 bits per heavy atom. The molecule has 0 aromatic heterocycles. The van der Waals surface area contributed by atoms with Gasteiger partial charge in [-0.1, -0.05) is 6.92 Å². The molecule has 0 bridgehead atoms. The summed E-state index contributed by atoms with van der Waals surface area (Å²) in [4.78, 5) is 4.62. The van der Waals surface area contributed by atoms with Crippen LogP contribution >= 0.6 is 0 Å². The van der Waals surface area contributed by atoms with Crippen molar-refractivity contribution in [3.63, 3.8) is 0 Å². The van der Waals surface area contributed by atoms with Crippen LogP contribution in [0.4, 0.5) is 11.4 Å². The third-order valence-corrected chi connectivity index (χ3v) is 3.25. The lowest BCUT2D eigenvalue weighted by Crippen LogP contribution is -2.37. The number of ether oxygens (including phenoxy) is 2. The summed E-state index contributed by atoms with van der Waals surface area (Å²) >= 11 is 0. The lowest BCUT2D eigenvalue weighted by molar-refractivity contribution is 0.0782. The number of nitrogens with one attached hydrogen (secondary N) is 1. The predicted molar refractivity (Wildman–Crippen MR) is 87.2 cm³/mol. The van der Waals surface area contributed by atoms with Crippen molar-refractivity contribution in [1.29, 1.82) is 0 Å². The van der Waals surface area contributed by atoms with Gasteiger partial charge in [-0.3, -0.25) is 4.99 Å². The number of aliphatic imine (C=N–C) groups is 1. The number of nitrogen functional groups attached to an aromatic ring is 1. The van der Waals surface area contributed by atoms with E-state index in [0.29, 0.717) is 5.69 Å². The van der Waals surface area contributed by atoms with Gasteiger partial charge in [-0.2, -0.15) is 0 Å². The molecule has 0 spiro atoms. The first-order chi connectivity index (χ1) is 10.1. The summed E-state index contributed by atoms with van der Waals surface area (Å²) in [6, 6.07) is 5.63. The van der Waals surface area contributed by atoms with Crippen LogP contribution in [0.3, 0.4) is 0 Å². The van der Waals surface area contributed by atoms with Crippen LogP contribution in [0.25, 0.3) is 0 Å². The van der Waals surface area contributed by atoms with Gasteiger partial charge in [-0.15, -0.1) is 0 Å². The number of anilines is 2. The van der Waals surface area contributed by atoms with Crippen molar-refractivity contribution in [3.8, 4) is 5.75 Å². The first-order valence-electron chi connectivity index (χ1n) is 7.59. The fraction of sp³-hybridized carbons (Fsp3) is 0.562. The summed E-state index contributed by atoms with van der Waals surface area (Å²) in [5.74, 6) is 1.68.